The second-order valence-corrected chi connectivity index (χ2v) is 12.3. The lowest BCUT2D eigenvalue weighted by Gasteiger charge is -2.27. The van der Waals surface area contributed by atoms with Crippen LogP contribution >= 0.6 is 0 Å². The van der Waals surface area contributed by atoms with Gasteiger partial charge < -0.3 is 41.2 Å². The van der Waals surface area contributed by atoms with E-state index < -0.39 is 65.9 Å². The molecule has 0 aliphatic carbocycles. The third kappa shape index (κ3) is 10.9. The van der Waals surface area contributed by atoms with E-state index in [9.17, 15) is 33.5 Å². The Morgan fingerprint density at radius 3 is 2.34 bits per heavy atom. The van der Waals surface area contributed by atoms with Gasteiger partial charge in [0, 0.05) is 6.42 Å². The van der Waals surface area contributed by atoms with Crippen LogP contribution in [0.1, 0.15) is 43.1 Å². The van der Waals surface area contributed by atoms with Crippen LogP contribution in [-0.2, 0) is 25.6 Å². The molecule has 6 N–H and O–H groups in total. The van der Waals surface area contributed by atoms with E-state index in [1.54, 1.807) is 51.1 Å². The molecule has 4 rings (SSSR count). The highest BCUT2D eigenvalue weighted by Gasteiger charge is 2.32. The summed E-state index contributed by atoms with van der Waals surface area (Å²) in [5.74, 6) is -3.42. The van der Waals surface area contributed by atoms with Crippen LogP contribution in [0.2, 0.25) is 0 Å². The number of para-hydroxylation sites is 1. The predicted octanol–water partition coefficient (Wildman–Crippen LogP) is 1.98. The summed E-state index contributed by atoms with van der Waals surface area (Å²) in [5, 5.41) is 23.2. The average molecular weight is 692 g/mol. The summed E-state index contributed by atoms with van der Waals surface area (Å²) in [4.78, 5) is 67.5. The molecule has 0 bridgehead atoms. The summed E-state index contributed by atoms with van der Waals surface area (Å²) in [6.07, 6.45) is -0.560. The summed E-state index contributed by atoms with van der Waals surface area (Å²) in [6.45, 7) is 5.23. The second kappa shape index (κ2) is 17.7. The van der Waals surface area contributed by atoms with Gasteiger partial charge in [-0.15, -0.1) is 0 Å². The molecule has 3 aromatic carbocycles. The fraction of sp³-hybridized carbons (Fsp3) is 0.361. The number of ether oxygens (including phenoxy) is 2. The van der Waals surface area contributed by atoms with Gasteiger partial charge in [0.1, 0.15) is 54.4 Å². The molecule has 1 heterocycles. The van der Waals surface area contributed by atoms with E-state index in [1.807, 2.05) is 0 Å². The topological polar surface area (TPSA) is 184 Å². The third-order valence-electron chi connectivity index (χ3n) is 7.78. The number of nitrogens with one attached hydrogen (secondary N) is 5. The Balaban J connectivity index is 1.60. The fourth-order valence-electron chi connectivity index (χ4n) is 5.12. The highest BCUT2D eigenvalue weighted by molar-refractivity contribution is 6.01. The van der Waals surface area contributed by atoms with Crippen molar-refractivity contribution < 1.29 is 42.9 Å². The van der Waals surface area contributed by atoms with E-state index in [2.05, 4.69) is 26.6 Å². The summed E-state index contributed by atoms with van der Waals surface area (Å²) in [6, 6.07) is 13.7. The van der Waals surface area contributed by atoms with Gasteiger partial charge in [-0.05, 0) is 66.9 Å². The Kier molecular flexibility index (Phi) is 13.1. The van der Waals surface area contributed by atoms with Gasteiger partial charge in [0.25, 0.3) is 5.91 Å². The molecule has 0 saturated heterocycles. The van der Waals surface area contributed by atoms with E-state index in [-0.39, 0.29) is 49.2 Å². The zero-order valence-corrected chi connectivity index (χ0v) is 28.0. The molecular formula is C36H42FN5O8. The van der Waals surface area contributed by atoms with Crippen molar-refractivity contribution in [3.8, 4) is 17.2 Å². The number of carbonyl (C=O) groups is 5. The van der Waals surface area contributed by atoms with Crippen molar-refractivity contribution in [1.82, 2.24) is 26.6 Å². The standard InChI is InChI=1S/C36H42FN5O8/c1-21(2)32-36(48)39-22(3)20-50-30-7-5-4-6-27(30)33(45)41-29(34(46)38-16-17-49-26-14-10-24(37)11-15-26)19-31(44)40-28(35(47)42-32)18-23-8-12-25(43)13-9-23/h4-15,21-22,28-29,32,43H,16-20H2,1-3H3,(H,38,46)(H,39,48)(H,40,44)(H,41,45)(H,42,47)/t22-,28-,29-,32+/m0/s1. The molecule has 5 amide bonds. The Morgan fingerprint density at radius 2 is 1.64 bits per heavy atom. The highest BCUT2D eigenvalue weighted by atomic mass is 19.1. The number of phenolic OH excluding ortho intramolecular Hbond substituents is 1. The largest absolute Gasteiger partial charge is 0.508 e. The molecule has 1 aliphatic rings. The normalized spacial score (nSPS) is 20.6. The Bertz CT molecular complexity index is 1650. The van der Waals surface area contributed by atoms with Crippen LogP contribution in [0.15, 0.2) is 72.8 Å². The molecular weight excluding hydrogens is 649 g/mol. The minimum atomic E-state index is -1.39. The molecule has 0 unspecified atom stereocenters. The van der Waals surface area contributed by atoms with Crippen molar-refractivity contribution in [3.05, 3.63) is 89.7 Å². The summed E-state index contributed by atoms with van der Waals surface area (Å²) in [5.41, 5.74) is 0.695. The van der Waals surface area contributed by atoms with Crippen molar-refractivity contribution in [2.75, 3.05) is 19.8 Å². The summed E-state index contributed by atoms with van der Waals surface area (Å²) >= 11 is 0. The van der Waals surface area contributed by atoms with Crippen LogP contribution < -0.4 is 36.1 Å². The molecule has 0 saturated carbocycles. The molecule has 13 nitrogen and oxygen atoms in total. The number of hydrogen-bond donors (Lipinski definition) is 6. The average Bonchev–Trinajstić information content (AvgIpc) is 3.08. The van der Waals surface area contributed by atoms with Gasteiger partial charge in [0.15, 0.2) is 0 Å². The minimum Gasteiger partial charge on any atom is -0.508 e. The van der Waals surface area contributed by atoms with E-state index >= 15 is 0 Å². The first-order chi connectivity index (χ1) is 23.9. The van der Waals surface area contributed by atoms with Crippen LogP contribution in [0.4, 0.5) is 4.39 Å². The van der Waals surface area contributed by atoms with Crippen LogP contribution in [0.3, 0.4) is 0 Å². The van der Waals surface area contributed by atoms with Crippen LogP contribution in [0, 0.1) is 11.7 Å². The molecule has 4 atom stereocenters. The van der Waals surface area contributed by atoms with Gasteiger partial charge in [-0.25, -0.2) is 4.39 Å². The van der Waals surface area contributed by atoms with Gasteiger partial charge >= 0.3 is 0 Å². The fourth-order valence-corrected chi connectivity index (χ4v) is 5.12. The maximum atomic E-state index is 13.7. The molecule has 0 aromatic heterocycles. The molecule has 3 aromatic rings. The van der Waals surface area contributed by atoms with Crippen LogP contribution in [0.25, 0.3) is 0 Å². The van der Waals surface area contributed by atoms with Crippen molar-refractivity contribution in [2.45, 2.75) is 57.8 Å². The van der Waals surface area contributed by atoms with Gasteiger partial charge in [-0.2, -0.15) is 0 Å². The number of phenols is 1. The molecule has 50 heavy (non-hydrogen) atoms. The molecule has 14 heteroatoms. The Morgan fingerprint density at radius 1 is 0.940 bits per heavy atom. The number of halogens is 1. The first-order valence-electron chi connectivity index (χ1n) is 16.3. The van der Waals surface area contributed by atoms with Crippen molar-refractivity contribution in [3.63, 3.8) is 0 Å². The lowest BCUT2D eigenvalue weighted by molar-refractivity contribution is -0.133. The van der Waals surface area contributed by atoms with Gasteiger partial charge in [0.05, 0.1) is 24.6 Å². The van der Waals surface area contributed by atoms with Gasteiger partial charge in [-0.1, -0.05) is 38.1 Å². The highest BCUT2D eigenvalue weighted by Crippen LogP contribution is 2.19. The number of fused-ring (bicyclic) bond motifs is 1. The van der Waals surface area contributed by atoms with E-state index in [0.717, 1.165) is 0 Å². The number of aromatic hydroxyl groups is 1. The van der Waals surface area contributed by atoms with Crippen molar-refractivity contribution in [2.24, 2.45) is 5.92 Å². The first kappa shape index (κ1) is 37.2. The zero-order chi connectivity index (χ0) is 36.2. The molecule has 0 radical (unpaired) electrons. The Hall–Kier alpha value is -5.66. The zero-order valence-electron chi connectivity index (χ0n) is 28.0. The maximum Gasteiger partial charge on any atom is 0.255 e. The summed E-state index contributed by atoms with van der Waals surface area (Å²) < 4.78 is 24.7. The smallest absolute Gasteiger partial charge is 0.255 e. The van der Waals surface area contributed by atoms with Gasteiger partial charge in [0.2, 0.25) is 23.6 Å². The van der Waals surface area contributed by atoms with Crippen LogP contribution in [-0.4, -0.2) is 78.6 Å². The van der Waals surface area contributed by atoms with E-state index in [1.165, 1.54) is 42.5 Å². The molecule has 0 fully saturated rings. The number of carbonyl (C=O) groups excluding carboxylic acids is 5. The third-order valence-corrected chi connectivity index (χ3v) is 7.78. The first-order valence-corrected chi connectivity index (χ1v) is 16.3. The lowest BCUT2D eigenvalue weighted by atomic mass is 10.0. The molecule has 1 aliphatic heterocycles. The minimum absolute atomic E-state index is 0.00808. The van der Waals surface area contributed by atoms with Gasteiger partial charge in [-0.3, -0.25) is 24.0 Å². The SMILES string of the molecule is CC(C)[C@H]1NC(=O)[C@H](Cc2ccc(O)cc2)NC(=O)C[C@@H](C(=O)NCCOc2ccc(F)cc2)NC(=O)c2ccccc2OC[C@H](C)NC1=O. The quantitative estimate of drug-likeness (QED) is 0.194. The lowest BCUT2D eigenvalue weighted by Crippen LogP contribution is -2.57. The number of benzene rings is 3. The molecule has 266 valence electrons. The second-order valence-electron chi connectivity index (χ2n) is 12.3. The predicted molar refractivity (Wildman–Crippen MR) is 181 cm³/mol. The van der Waals surface area contributed by atoms with E-state index in [0.29, 0.717) is 11.3 Å². The Labute approximate surface area is 289 Å². The monoisotopic (exact) mass is 691 g/mol. The number of amides is 5. The summed E-state index contributed by atoms with van der Waals surface area (Å²) in [7, 11) is 0. The maximum absolute atomic E-state index is 13.7. The molecule has 0 spiro atoms. The van der Waals surface area contributed by atoms with Crippen LogP contribution in [0.5, 0.6) is 17.2 Å². The van der Waals surface area contributed by atoms with Crippen molar-refractivity contribution >= 4 is 29.5 Å². The van der Waals surface area contributed by atoms with Crippen molar-refractivity contribution in [1.29, 1.82) is 0 Å². The number of rotatable bonds is 8. The number of hydrogen-bond acceptors (Lipinski definition) is 8. The van der Waals surface area contributed by atoms with E-state index in [4.69, 9.17) is 9.47 Å².